The Kier molecular flexibility index (Phi) is 9.48. The van der Waals surface area contributed by atoms with Gasteiger partial charge in [0, 0.05) is 21.8 Å². The van der Waals surface area contributed by atoms with E-state index in [1.807, 2.05) is 32.9 Å². The Morgan fingerprint density at radius 1 is 0.667 bits per heavy atom. The summed E-state index contributed by atoms with van der Waals surface area (Å²) in [5.74, 6) is 0. The van der Waals surface area contributed by atoms with E-state index in [9.17, 15) is 0 Å². The summed E-state index contributed by atoms with van der Waals surface area (Å²) in [6.45, 7) is 17.8. The van der Waals surface area contributed by atoms with Gasteiger partial charge in [-0.05, 0) is 74.8 Å². The van der Waals surface area contributed by atoms with Crippen molar-refractivity contribution in [3.05, 3.63) is 134 Å². The Balaban J connectivity index is 0.000000523. The molecule has 228 valence electrons. The lowest BCUT2D eigenvalue weighted by Crippen LogP contribution is -2.41. The molecule has 0 bridgehead atoms. The van der Waals surface area contributed by atoms with Crippen molar-refractivity contribution in [2.45, 2.75) is 59.7 Å². The van der Waals surface area contributed by atoms with Gasteiger partial charge in [0.2, 0.25) is 0 Å². The minimum Gasteiger partial charge on any atom is -0.399 e. The monoisotopic (exact) mass is 593 g/mol. The van der Waals surface area contributed by atoms with Gasteiger partial charge in [-0.1, -0.05) is 130 Å². The maximum absolute atomic E-state index is 6.43. The van der Waals surface area contributed by atoms with Crippen LogP contribution in [0.1, 0.15) is 48.5 Å². The van der Waals surface area contributed by atoms with E-state index >= 15 is 0 Å². The van der Waals surface area contributed by atoms with Crippen LogP contribution in [0.15, 0.2) is 134 Å². The third kappa shape index (κ3) is 6.13. The average molecular weight is 594 g/mol. The molecule has 0 amide bonds. The molecule has 0 aliphatic carbocycles. The van der Waals surface area contributed by atoms with Crippen LogP contribution in [-0.4, -0.2) is 22.9 Å². The number of hydrogen-bond acceptors (Lipinski definition) is 2. The predicted molar refractivity (Wildman–Crippen MR) is 196 cm³/mol. The largest absolute Gasteiger partial charge is 0.494 e. The van der Waals surface area contributed by atoms with Gasteiger partial charge in [-0.2, -0.15) is 0 Å². The Morgan fingerprint density at radius 2 is 1.31 bits per heavy atom. The molecule has 1 aliphatic heterocycles. The molecule has 1 aliphatic rings. The molecule has 7 rings (SSSR count). The van der Waals surface area contributed by atoms with Crippen molar-refractivity contribution in [3.63, 3.8) is 0 Å². The molecule has 1 saturated heterocycles. The highest BCUT2D eigenvalue weighted by Gasteiger charge is 2.51. The van der Waals surface area contributed by atoms with Crippen LogP contribution in [0.2, 0.25) is 0 Å². The number of benzene rings is 5. The number of aromatic nitrogens is 1. The van der Waals surface area contributed by atoms with Gasteiger partial charge in [0.15, 0.2) is 0 Å². The lowest BCUT2D eigenvalue weighted by Gasteiger charge is -2.32. The van der Waals surface area contributed by atoms with Gasteiger partial charge < -0.3 is 13.9 Å². The molecule has 2 heterocycles. The van der Waals surface area contributed by atoms with Gasteiger partial charge in [0.1, 0.15) is 0 Å². The summed E-state index contributed by atoms with van der Waals surface area (Å²) >= 11 is 0. The molecule has 0 unspecified atom stereocenters. The number of allylic oxidation sites excluding steroid dienone is 3. The highest BCUT2D eigenvalue weighted by atomic mass is 16.7. The first-order chi connectivity index (χ1) is 21.7. The molecule has 5 aromatic carbocycles. The molecule has 1 fully saturated rings. The van der Waals surface area contributed by atoms with Crippen molar-refractivity contribution in [3.8, 4) is 16.8 Å². The van der Waals surface area contributed by atoms with Crippen molar-refractivity contribution in [2.75, 3.05) is 0 Å². The van der Waals surface area contributed by atoms with Crippen LogP contribution in [0.25, 0.3) is 49.4 Å². The first-order valence-corrected chi connectivity index (χ1v) is 15.9. The number of rotatable bonds is 4. The number of nitrogens with zero attached hydrogens (tertiary/aromatic N) is 1. The lowest BCUT2D eigenvalue weighted by atomic mass is 9.79. The molecule has 0 spiro atoms. The summed E-state index contributed by atoms with van der Waals surface area (Å²) in [7, 11) is -0.414. The molecule has 45 heavy (non-hydrogen) atoms. The molecule has 4 heteroatoms. The third-order valence-corrected chi connectivity index (χ3v) is 8.74. The number of fused-ring (bicyclic) bond motifs is 5. The van der Waals surface area contributed by atoms with Crippen LogP contribution in [0, 0.1) is 0 Å². The van der Waals surface area contributed by atoms with Gasteiger partial charge in [0.05, 0.1) is 22.2 Å². The van der Waals surface area contributed by atoms with Gasteiger partial charge in [0.25, 0.3) is 0 Å². The molecular formula is C41H44BNO2. The van der Waals surface area contributed by atoms with Gasteiger partial charge >= 0.3 is 7.12 Å². The summed E-state index contributed by atoms with van der Waals surface area (Å²) in [6.07, 6.45) is 5.58. The molecule has 0 N–H and O–H groups in total. The predicted octanol–water partition coefficient (Wildman–Crippen LogP) is 10.7. The van der Waals surface area contributed by atoms with E-state index in [4.69, 9.17) is 9.31 Å². The molecule has 0 atom stereocenters. The van der Waals surface area contributed by atoms with Crippen LogP contribution in [0.3, 0.4) is 0 Å². The Labute approximate surface area is 269 Å². The van der Waals surface area contributed by atoms with E-state index in [0.717, 1.165) is 16.7 Å². The van der Waals surface area contributed by atoms with Crippen molar-refractivity contribution < 1.29 is 9.31 Å². The second-order valence-electron chi connectivity index (χ2n) is 12.1. The zero-order valence-corrected chi connectivity index (χ0v) is 27.7. The maximum Gasteiger partial charge on any atom is 0.494 e. The first kappa shape index (κ1) is 32.0. The standard InChI is InChI=1S/C34H30BNO2.C5H8.C2H6/c1-33(2)34(3,4)38-35(37-33)26-18-20-29-30-19-17-24-13-8-9-16-28(24)32(30)36(31(29)22-26)27-15-10-14-25(21-27)23-11-6-5-7-12-23;1-3-5-4-2;1-2/h5-22H,1-4H3;3-5H,1H2,2H3;1-2H3/b;5-4-;. The van der Waals surface area contributed by atoms with Crippen LogP contribution in [-0.2, 0) is 9.31 Å². The summed E-state index contributed by atoms with van der Waals surface area (Å²) in [5, 5.41) is 4.93. The number of hydrogen-bond donors (Lipinski definition) is 0. The van der Waals surface area contributed by atoms with Crippen molar-refractivity contribution in [1.29, 1.82) is 0 Å². The molecule has 6 aromatic rings. The van der Waals surface area contributed by atoms with Crippen LogP contribution < -0.4 is 5.46 Å². The fourth-order valence-electron chi connectivity index (χ4n) is 5.78. The summed E-state index contributed by atoms with van der Waals surface area (Å²) < 4.78 is 15.3. The van der Waals surface area contributed by atoms with Crippen LogP contribution in [0.5, 0.6) is 0 Å². The minimum atomic E-state index is -0.414. The van der Waals surface area contributed by atoms with Crippen molar-refractivity contribution in [1.82, 2.24) is 4.57 Å². The van der Waals surface area contributed by atoms with E-state index in [-0.39, 0.29) is 11.2 Å². The molecular weight excluding hydrogens is 549 g/mol. The fourth-order valence-corrected chi connectivity index (χ4v) is 5.78. The fraction of sp³-hybridized carbons (Fsp3) is 0.220. The van der Waals surface area contributed by atoms with E-state index in [2.05, 4.69) is 148 Å². The average Bonchev–Trinajstić information content (AvgIpc) is 3.52. The van der Waals surface area contributed by atoms with Crippen molar-refractivity contribution in [2.24, 2.45) is 0 Å². The molecule has 3 nitrogen and oxygen atoms in total. The second kappa shape index (κ2) is 13.3. The zero-order chi connectivity index (χ0) is 32.2. The maximum atomic E-state index is 6.43. The summed E-state index contributed by atoms with van der Waals surface area (Å²) in [5.41, 5.74) is 6.15. The highest BCUT2D eigenvalue weighted by molar-refractivity contribution is 6.62. The summed E-state index contributed by atoms with van der Waals surface area (Å²) in [6, 6.07) is 39.2. The molecule has 0 radical (unpaired) electrons. The summed E-state index contributed by atoms with van der Waals surface area (Å²) in [4.78, 5) is 0. The Hall–Kier alpha value is -4.38. The van der Waals surface area contributed by atoms with E-state index in [1.165, 1.54) is 38.2 Å². The highest BCUT2D eigenvalue weighted by Crippen LogP contribution is 2.39. The molecule has 0 saturated carbocycles. The Bertz CT molecular complexity index is 1950. The van der Waals surface area contributed by atoms with Crippen molar-refractivity contribution >= 4 is 45.2 Å². The van der Waals surface area contributed by atoms with E-state index in [0.29, 0.717) is 0 Å². The third-order valence-electron chi connectivity index (χ3n) is 8.74. The topological polar surface area (TPSA) is 23.4 Å². The minimum absolute atomic E-state index is 0.389. The van der Waals surface area contributed by atoms with Crippen LogP contribution in [0.4, 0.5) is 0 Å². The lowest BCUT2D eigenvalue weighted by molar-refractivity contribution is 0.00578. The smallest absolute Gasteiger partial charge is 0.399 e. The quantitative estimate of drug-likeness (QED) is 0.150. The second-order valence-corrected chi connectivity index (χ2v) is 12.1. The van der Waals surface area contributed by atoms with E-state index in [1.54, 1.807) is 6.08 Å². The first-order valence-electron chi connectivity index (χ1n) is 15.9. The van der Waals surface area contributed by atoms with Crippen LogP contribution >= 0.6 is 0 Å². The SMILES string of the molecule is C=C/C=C\C.CC.CC1(C)OB(c2ccc3c4ccc5ccccc5c4n(-c4cccc(-c5ccccc5)c4)c3c2)OC1(C)C. The van der Waals surface area contributed by atoms with E-state index < -0.39 is 7.12 Å². The zero-order valence-electron chi connectivity index (χ0n) is 27.7. The van der Waals surface area contributed by atoms with Gasteiger partial charge in [-0.15, -0.1) is 0 Å². The molecule has 1 aromatic heterocycles. The van der Waals surface area contributed by atoms with Gasteiger partial charge in [-0.25, -0.2) is 0 Å². The normalized spacial score (nSPS) is 15.1. The Morgan fingerprint density at radius 3 is 1.98 bits per heavy atom. The van der Waals surface area contributed by atoms with Gasteiger partial charge in [-0.3, -0.25) is 0 Å².